The van der Waals surface area contributed by atoms with Crippen LogP contribution in [0.2, 0.25) is 0 Å². The number of aromatic nitrogens is 1. The first kappa shape index (κ1) is 7.53. The molecule has 1 saturated carbocycles. The van der Waals surface area contributed by atoms with Crippen molar-refractivity contribution in [2.45, 2.75) is 25.3 Å². The maximum absolute atomic E-state index is 13.0. The minimum Gasteiger partial charge on any atom is -0.365 e. The molecule has 0 radical (unpaired) electrons. The summed E-state index contributed by atoms with van der Waals surface area (Å²) in [5, 5.41) is 3.06. The van der Waals surface area contributed by atoms with Crippen molar-refractivity contribution in [3.63, 3.8) is 0 Å². The first-order valence-corrected chi connectivity index (χ1v) is 4.23. The molecule has 1 N–H and O–H groups in total. The van der Waals surface area contributed by atoms with Gasteiger partial charge >= 0.3 is 0 Å². The second-order valence-corrected chi connectivity index (χ2v) is 3.11. The predicted octanol–water partition coefficient (Wildman–Crippen LogP) is 2.19. The molecule has 2 nitrogen and oxygen atoms in total. The first-order chi connectivity index (χ1) is 5.86. The number of pyridine rings is 1. The molecule has 64 valence electrons. The number of nitrogens with zero attached hydrogens (tertiary/aromatic N) is 1. The van der Waals surface area contributed by atoms with Gasteiger partial charge in [-0.15, -0.1) is 0 Å². The standard InChI is InChI=1S/C9H11FN2/c10-8-5-2-6-11-9(8)12-7-3-1-4-7/h2,5-7H,1,3-4H2,(H,11,12). The lowest BCUT2D eigenvalue weighted by Crippen LogP contribution is -2.27. The number of hydrogen-bond donors (Lipinski definition) is 1. The Kier molecular flexibility index (Phi) is 1.94. The van der Waals surface area contributed by atoms with Gasteiger partial charge in [0.1, 0.15) is 0 Å². The Morgan fingerprint density at radius 1 is 1.50 bits per heavy atom. The lowest BCUT2D eigenvalue weighted by atomic mass is 9.93. The second-order valence-electron chi connectivity index (χ2n) is 3.11. The zero-order valence-corrected chi connectivity index (χ0v) is 6.76. The minimum absolute atomic E-state index is 0.260. The van der Waals surface area contributed by atoms with E-state index in [2.05, 4.69) is 10.3 Å². The molecular formula is C9H11FN2. The van der Waals surface area contributed by atoms with Crippen LogP contribution in [0.3, 0.4) is 0 Å². The van der Waals surface area contributed by atoms with Crippen LogP contribution in [0.1, 0.15) is 19.3 Å². The van der Waals surface area contributed by atoms with Crippen molar-refractivity contribution in [3.05, 3.63) is 24.1 Å². The Hall–Kier alpha value is -1.12. The van der Waals surface area contributed by atoms with Gasteiger partial charge < -0.3 is 5.32 Å². The topological polar surface area (TPSA) is 24.9 Å². The van der Waals surface area contributed by atoms with E-state index in [1.165, 1.54) is 12.5 Å². The van der Waals surface area contributed by atoms with Gasteiger partial charge in [0.25, 0.3) is 0 Å². The fraction of sp³-hybridized carbons (Fsp3) is 0.444. The highest BCUT2D eigenvalue weighted by atomic mass is 19.1. The molecule has 1 aromatic rings. The summed E-state index contributed by atoms with van der Waals surface area (Å²) in [6, 6.07) is 3.46. The van der Waals surface area contributed by atoms with Crippen LogP contribution < -0.4 is 5.32 Å². The highest BCUT2D eigenvalue weighted by molar-refractivity contribution is 5.37. The van der Waals surface area contributed by atoms with Gasteiger partial charge in [-0.1, -0.05) is 0 Å². The molecule has 1 aromatic heterocycles. The average Bonchev–Trinajstić information content (AvgIpc) is 2.00. The van der Waals surface area contributed by atoms with Gasteiger partial charge in [0.2, 0.25) is 0 Å². The summed E-state index contributed by atoms with van der Waals surface area (Å²) in [4.78, 5) is 3.91. The molecule has 0 unspecified atom stereocenters. The molecule has 0 amide bonds. The molecule has 0 bridgehead atoms. The minimum atomic E-state index is -0.260. The normalized spacial score (nSPS) is 17.1. The fourth-order valence-corrected chi connectivity index (χ4v) is 1.24. The molecule has 0 atom stereocenters. The summed E-state index contributed by atoms with van der Waals surface area (Å²) in [5.74, 6) is 0.131. The summed E-state index contributed by atoms with van der Waals surface area (Å²) in [5.41, 5.74) is 0. The molecule has 1 fully saturated rings. The quantitative estimate of drug-likeness (QED) is 0.728. The van der Waals surface area contributed by atoms with Crippen molar-refractivity contribution < 1.29 is 4.39 Å². The predicted molar refractivity (Wildman–Crippen MR) is 45.5 cm³/mol. The third-order valence-corrected chi connectivity index (χ3v) is 2.20. The SMILES string of the molecule is Fc1cccnc1NC1CCC1. The lowest BCUT2D eigenvalue weighted by Gasteiger charge is -2.26. The maximum atomic E-state index is 13.0. The van der Waals surface area contributed by atoms with Gasteiger partial charge in [0, 0.05) is 12.2 Å². The smallest absolute Gasteiger partial charge is 0.165 e. The molecular weight excluding hydrogens is 155 g/mol. The number of anilines is 1. The molecule has 2 rings (SSSR count). The summed E-state index contributed by atoms with van der Waals surface area (Å²) >= 11 is 0. The molecule has 0 aromatic carbocycles. The Morgan fingerprint density at radius 3 is 2.92 bits per heavy atom. The molecule has 1 aliphatic carbocycles. The van der Waals surface area contributed by atoms with Crippen molar-refractivity contribution in [2.24, 2.45) is 0 Å². The maximum Gasteiger partial charge on any atom is 0.165 e. The summed E-state index contributed by atoms with van der Waals surface area (Å²) in [6.45, 7) is 0. The number of nitrogens with one attached hydrogen (secondary N) is 1. The first-order valence-electron chi connectivity index (χ1n) is 4.23. The van der Waals surface area contributed by atoms with E-state index in [9.17, 15) is 4.39 Å². The molecule has 1 aliphatic rings. The zero-order chi connectivity index (χ0) is 8.39. The van der Waals surface area contributed by atoms with Crippen LogP contribution >= 0.6 is 0 Å². The van der Waals surface area contributed by atoms with E-state index in [0.29, 0.717) is 11.9 Å². The van der Waals surface area contributed by atoms with Gasteiger partial charge in [-0.25, -0.2) is 9.37 Å². The van der Waals surface area contributed by atoms with E-state index < -0.39 is 0 Å². The largest absolute Gasteiger partial charge is 0.365 e. The Bertz CT molecular complexity index is 271. The van der Waals surface area contributed by atoms with E-state index in [1.807, 2.05) is 0 Å². The van der Waals surface area contributed by atoms with Gasteiger partial charge in [-0.05, 0) is 31.4 Å². The van der Waals surface area contributed by atoms with Gasteiger partial charge in [-0.2, -0.15) is 0 Å². The van der Waals surface area contributed by atoms with E-state index in [4.69, 9.17) is 0 Å². The molecule has 0 spiro atoms. The summed E-state index contributed by atoms with van der Waals surface area (Å²) < 4.78 is 13.0. The van der Waals surface area contributed by atoms with E-state index >= 15 is 0 Å². The molecule has 0 saturated heterocycles. The van der Waals surface area contributed by atoms with Gasteiger partial charge in [-0.3, -0.25) is 0 Å². The molecule has 3 heteroatoms. The summed E-state index contributed by atoms with van der Waals surface area (Å²) in [7, 11) is 0. The van der Waals surface area contributed by atoms with Crippen LogP contribution in [0.15, 0.2) is 18.3 Å². The third-order valence-electron chi connectivity index (χ3n) is 2.20. The number of hydrogen-bond acceptors (Lipinski definition) is 2. The fourth-order valence-electron chi connectivity index (χ4n) is 1.24. The monoisotopic (exact) mass is 166 g/mol. The third kappa shape index (κ3) is 1.40. The van der Waals surface area contributed by atoms with Crippen molar-refractivity contribution in [1.82, 2.24) is 4.98 Å². The van der Waals surface area contributed by atoms with Crippen LogP contribution in [-0.2, 0) is 0 Å². The van der Waals surface area contributed by atoms with E-state index in [1.54, 1.807) is 12.3 Å². The van der Waals surface area contributed by atoms with Gasteiger partial charge in [0.05, 0.1) is 0 Å². The van der Waals surface area contributed by atoms with Crippen LogP contribution in [-0.4, -0.2) is 11.0 Å². The van der Waals surface area contributed by atoms with Crippen molar-refractivity contribution >= 4 is 5.82 Å². The van der Waals surface area contributed by atoms with Crippen LogP contribution in [0, 0.1) is 5.82 Å². The zero-order valence-electron chi connectivity index (χ0n) is 6.76. The highest BCUT2D eigenvalue weighted by Gasteiger charge is 2.18. The second kappa shape index (κ2) is 3.09. The number of halogens is 1. The molecule has 12 heavy (non-hydrogen) atoms. The van der Waals surface area contributed by atoms with Crippen LogP contribution in [0.5, 0.6) is 0 Å². The Morgan fingerprint density at radius 2 is 2.33 bits per heavy atom. The number of rotatable bonds is 2. The van der Waals surface area contributed by atoms with Crippen molar-refractivity contribution in [1.29, 1.82) is 0 Å². The van der Waals surface area contributed by atoms with Crippen LogP contribution in [0.25, 0.3) is 0 Å². The highest BCUT2D eigenvalue weighted by Crippen LogP contribution is 2.23. The summed E-state index contributed by atoms with van der Waals surface area (Å²) in [6.07, 6.45) is 5.11. The van der Waals surface area contributed by atoms with Crippen LogP contribution in [0.4, 0.5) is 10.2 Å². The average molecular weight is 166 g/mol. The van der Waals surface area contributed by atoms with Crippen molar-refractivity contribution in [3.8, 4) is 0 Å². The Labute approximate surface area is 70.8 Å². The van der Waals surface area contributed by atoms with Crippen molar-refractivity contribution in [2.75, 3.05) is 5.32 Å². The molecule has 1 heterocycles. The van der Waals surface area contributed by atoms with E-state index in [-0.39, 0.29) is 5.82 Å². The van der Waals surface area contributed by atoms with E-state index in [0.717, 1.165) is 12.8 Å². The molecule has 0 aliphatic heterocycles. The van der Waals surface area contributed by atoms with Gasteiger partial charge in [0.15, 0.2) is 11.6 Å². The Balaban J connectivity index is 2.06. The lowest BCUT2D eigenvalue weighted by molar-refractivity contribution is 0.441.